The fraction of sp³-hybridized carbons (Fsp3) is 0.429. The average Bonchev–Trinajstić information content (AvgIpc) is 2.16. The first-order valence-corrected chi connectivity index (χ1v) is 5.76. The van der Waals surface area contributed by atoms with Crippen LogP contribution in [0.3, 0.4) is 0 Å². The van der Waals surface area contributed by atoms with Crippen molar-refractivity contribution in [2.24, 2.45) is 0 Å². The molecule has 16 heavy (non-hydrogen) atoms. The molecule has 3 nitrogen and oxygen atoms in total. The Balaban J connectivity index is 2.40. The van der Waals surface area contributed by atoms with E-state index in [0.29, 0.717) is 5.69 Å². The molecule has 0 saturated heterocycles. The zero-order valence-electron chi connectivity index (χ0n) is 7.68. The summed E-state index contributed by atoms with van der Waals surface area (Å²) in [5.74, 6) is -0.125. The largest absolute Gasteiger partial charge is 0.441 e. The van der Waals surface area contributed by atoms with Crippen LogP contribution in [0.15, 0.2) is 6.07 Å². The van der Waals surface area contributed by atoms with Gasteiger partial charge in [0.2, 0.25) is 0 Å². The summed E-state index contributed by atoms with van der Waals surface area (Å²) >= 11 is 11.1. The maximum absolute atomic E-state index is 11.8. The minimum Gasteiger partial charge on any atom is -0.382 e. The second kappa shape index (κ2) is 5.79. The maximum Gasteiger partial charge on any atom is 0.441 e. The summed E-state index contributed by atoms with van der Waals surface area (Å²) < 4.78 is 35.4. The molecule has 0 saturated carbocycles. The molecule has 0 bridgehead atoms. The van der Waals surface area contributed by atoms with E-state index in [1.165, 1.54) is 6.07 Å². The normalized spacial score (nSPS) is 11.6. The van der Waals surface area contributed by atoms with Crippen LogP contribution < -0.4 is 5.32 Å². The second-order valence-electron chi connectivity index (χ2n) is 2.59. The summed E-state index contributed by atoms with van der Waals surface area (Å²) in [5, 5.41) is 9.84. The molecule has 0 aliphatic carbocycles. The molecule has 9 heteroatoms. The molecule has 0 fully saturated rings. The van der Waals surface area contributed by atoms with Gasteiger partial charge >= 0.3 is 5.51 Å². The lowest BCUT2D eigenvalue weighted by molar-refractivity contribution is -0.0327. The molecule has 0 aliphatic heterocycles. The van der Waals surface area contributed by atoms with E-state index in [-0.39, 0.29) is 34.4 Å². The van der Waals surface area contributed by atoms with Crippen molar-refractivity contribution >= 4 is 40.7 Å². The first-order valence-electron chi connectivity index (χ1n) is 4.02. The minimum absolute atomic E-state index is 0.0707. The van der Waals surface area contributed by atoms with Crippen molar-refractivity contribution in [3.05, 3.63) is 16.4 Å². The Morgan fingerprint density at radius 2 is 2.00 bits per heavy atom. The van der Waals surface area contributed by atoms with Crippen molar-refractivity contribution in [2.75, 3.05) is 17.6 Å². The number of hydrogen-bond acceptors (Lipinski definition) is 4. The van der Waals surface area contributed by atoms with Gasteiger partial charge in [-0.1, -0.05) is 23.2 Å². The van der Waals surface area contributed by atoms with Crippen LogP contribution in [-0.2, 0) is 0 Å². The molecule has 0 spiro atoms. The van der Waals surface area contributed by atoms with Crippen molar-refractivity contribution in [3.63, 3.8) is 0 Å². The van der Waals surface area contributed by atoms with Crippen LogP contribution in [0.1, 0.15) is 0 Å². The second-order valence-corrected chi connectivity index (χ2v) is 4.50. The van der Waals surface area contributed by atoms with Crippen LogP contribution in [0.2, 0.25) is 10.3 Å². The number of halogens is 5. The molecule has 1 rings (SSSR count). The molecular formula is C7H6Cl2F3N3S. The molecule has 0 unspecified atom stereocenters. The van der Waals surface area contributed by atoms with Gasteiger partial charge in [-0.2, -0.15) is 13.2 Å². The molecule has 90 valence electrons. The predicted molar refractivity (Wildman–Crippen MR) is 59.1 cm³/mol. The van der Waals surface area contributed by atoms with E-state index >= 15 is 0 Å². The zero-order valence-corrected chi connectivity index (χ0v) is 10.0. The maximum atomic E-state index is 11.8. The highest BCUT2D eigenvalue weighted by molar-refractivity contribution is 8.00. The fourth-order valence-corrected chi connectivity index (χ4v) is 1.57. The van der Waals surface area contributed by atoms with Gasteiger partial charge in [0, 0.05) is 18.4 Å². The molecule has 1 heterocycles. The summed E-state index contributed by atoms with van der Waals surface area (Å²) in [4.78, 5) is 0. The van der Waals surface area contributed by atoms with Gasteiger partial charge in [0.15, 0.2) is 10.3 Å². The van der Waals surface area contributed by atoms with Crippen LogP contribution in [-0.4, -0.2) is 28.0 Å². The van der Waals surface area contributed by atoms with Gasteiger partial charge in [-0.15, -0.1) is 10.2 Å². The summed E-state index contributed by atoms with van der Waals surface area (Å²) in [6, 6.07) is 1.40. The lowest BCUT2D eigenvalue weighted by Gasteiger charge is -2.08. The van der Waals surface area contributed by atoms with Gasteiger partial charge in [0.05, 0.1) is 5.69 Å². The smallest absolute Gasteiger partial charge is 0.382 e. The Hall–Kier alpha value is -0.400. The van der Waals surface area contributed by atoms with Gasteiger partial charge in [-0.05, 0) is 11.8 Å². The van der Waals surface area contributed by atoms with Crippen molar-refractivity contribution in [1.82, 2.24) is 10.2 Å². The van der Waals surface area contributed by atoms with Crippen LogP contribution >= 0.6 is 35.0 Å². The topological polar surface area (TPSA) is 37.8 Å². The van der Waals surface area contributed by atoms with Crippen molar-refractivity contribution in [3.8, 4) is 0 Å². The Morgan fingerprint density at radius 1 is 1.31 bits per heavy atom. The van der Waals surface area contributed by atoms with E-state index in [1.807, 2.05) is 0 Å². The molecule has 1 aromatic rings. The van der Waals surface area contributed by atoms with Gasteiger partial charge in [-0.25, -0.2) is 0 Å². The quantitative estimate of drug-likeness (QED) is 0.863. The first kappa shape index (κ1) is 13.7. The number of alkyl halides is 3. The summed E-state index contributed by atoms with van der Waals surface area (Å²) in [5.41, 5.74) is -3.86. The van der Waals surface area contributed by atoms with E-state index in [9.17, 15) is 13.2 Å². The molecule has 0 aromatic carbocycles. The average molecular weight is 292 g/mol. The molecule has 1 aromatic heterocycles. The lowest BCUT2D eigenvalue weighted by atomic mass is 10.4. The predicted octanol–water partition coefficient (Wildman–Crippen LogP) is 3.45. The van der Waals surface area contributed by atoms with Gasteiger partial charge in [0.25, 0.3) is 0 Å². The van der Waals surface area contributed by atoms with E-state index in [4.69, 9.17) is 23.2 Å². The lowest BCUT2D eigenvalue weighted by Crippen LogP contribution is -2.10. The Morgan fingerprint density at radius 3 is 2.62 bits per heavy atom. The summed E-state index contributed by atoms with van der Waals surface area (Å²) in [6.45, 7) is 0.103. The fourth-order valence-electron chi connectivity index (χ4n) is 0.829. The molecule has 0 atom stereocenters. The molecule has 0 aliphatic rings. The molecule has 0 amide bonds. The number of nitrogens with one attached hydrogen (secondary N) is 1. The highest BCUT2D eigenvalue weighted by Crippen LogP contribution is 2.30. The third-order valence-electron chi connectivity index (χ3n) is 1.40. The van der Waals surface area contributed by atoms with Crippen molar-refractivity contribution in [1.29, 1.82) is 0 Å². The number of thioether (sulfide) groups is 1. The number of rotatable bonds is 4. The van der Waals surface area contributed by atoms with Gasteiger partial charge < -0.3 is 5.32 Å². The zero-order chi connectivity index (χ0) is 12.2. The third kappa shape index (κ3) is 5.09. The highest BCUT2D eigenvalue weighted by Gasteiger charge is 2.27. The standard InChI is InChI=1S/C7H6Cl2F3N3S/c8-5-3-4(6(9)15-14-5)13-1-2-16-7(10,11)12/h3H,1-2H2,(H,13,14). The van der Waals surface area contributed by atoms with Crippen LogP contribution in [0.4, 0.5) is 18.9 Å². The van der Waals surface area contributed by atoms with Crippen LogP contribution in [0.5, 0.6) is 0 Å². The monoisotopic (exact) mass is 291 g/mol. The van der Waals surface area contributed by atoms with E-state index in [2.05, 4.69) is 15.5 Å². The van der Waals surface area contributed by atoms with Crippen LogP contribution in [0.25, 0.3) is 0 Å². The van der Waals surface area contributed by atoms with Gasteiger partial charge in [-0.3, -0.25) is 0 Å². The number of nitrogens with zero attached hydrogens (tertiary/aromatic N) is 2. The van der Waals surface area contributed by atoms with Crippen molar-refractivity contribution < 1.29 is 13.2 Å². The van der Waals surface area contributed by atoms with E-state index in [0.717, 1.165) is 0 Å². The molecule has 1 N–H and O–H groups in total. The summed E-state index contributed by atoms with van der Waals surface area (Å²) in [6.07, 6.45) is 0. The Kier molecular flexibility index (Phi) is 4.94. The first-order chi connectivity index (χ1) is 7.38. The van der Waals surface area contributed by atoms with Crippen LogP contribution in [0, 0.1) is 0 Å². The third-order valence-corrected chi connectivity index (χ3v) is 2.60. The Labute approximate surface area is 104 Å². The number of hydrogen-bond donors (Lipinski definition) is 1. The Bertz CT molecular complexity index is 361. The SMILES string of the molecule is FC(F)(F)SCCNc1cc(Cl)nnc1Cl. The number of aromatic nitrogens is 2. The summed E-state index contributed by atoms with van der Waals surface area (Å²) in [7, 11) is 0. The van der Waals surface area contributed by atoms with Crippen molar-refractivity contribution in [2.45, 2.75) is 5.51 Å². The molecule has 0 radical (unpaired) electrons. The minimum atomic E-state index is -4.22. The highest BCUT2D eigenvalue weighted by atomic mass is 35.5. The number of anilines is 1. The molecular weight excluding hydrogens is 286 g/mol. The van der Waals surface area contributed by atoms with E-state index < -0.39 is 5.51 Å². The van der Waals surface area contributed by atoms with E-state index in [1.54, 1.807) is 0 Å². The van der Waals surface area contributed by atoms with Gasteiger partial charge in [0.1, 0.15) is 0 Å².